The molecular weight excluding hydrogens is 252 g/mol. The zero-order valence-corrected chi connectivity index (χ0v) is 12.4. The van der Waals surface area contributed by atoms with Gasteiger partial charge in [-0.3, -0.25) is 5.32 Å². The Morgan fingerprint density at radius 2 is 2.10 bits per heavy atom. The fourth-order valence-corrected chi connectivity index (χ4v) is 2.49. The number of carbonyl (C=O) groups is 1. The molecule has 1 atom stereocenters. The summed E-state index contributed by atoms with van der Waals surface area (Å²) in [6, 6.07) is 3.69. The second kappa shape index (κ2) is 7.24. The summed E-state index contributed by atoms with van der Waals surface area (Å²) < 4.78 is 0. The molecule has 1 aliphatic heterocycles. The minimum Gasteiger partial charge on any atom is -0.334 e. The van der Waals surface area contributed by atoms with E-state index in [-0.39, 0.29) is 12.1 Å². The number of anilines is 1. The molecule has 0 aliphatic carbocycles. The van der Waals surface area contributed by atoms with E-state index in [2.05, 4.69) is 20.5 Å². The maximum atomic E-state index is 11.9. The molecule has 0 spiro atoms. The third kappa shape index (κ3) is 4.81. The van der Waals surface area contributed by atoms with Crippen molar-refractivity contribution < 1.29 is 4.79 Å². The number of carbonyl (C=O) groups excluding carboxylic acids is 1. The molecule has 2 heterocycles. The van der Waals surface area contributed by atoms with Gasteiger partial charge in [0.2, 0.25) is 0 Å². The summed E-state index contributed by atoms with van der Waals surface area (Å²) in [4.78, 5) is 18.4. The molecule has 2 rings (SSSR count). The standard InChI is InChI=1S/C15H24N4O/c1-12-6-7-14(16-10-12)18-15(20)17-13(2)11-19-8-4-3-5-9-19/h6-7,10,13H,3-5,8-9,11H2,1-2H3,(H2,16,17,18,20)/t13-/m1/s1. The van der Waals surface area contributed by atoms with Crippen LogP contribution in [0.1, 0.15) is 31.7 Å². The molecule has 20 heavy (non-hydrogen) atoms. The normalized spacial score (nSPS) is 17.5. The van der Waals surface area contributed by atoms with Gasteiger partial charge in [-0.25, -0.2) is 9.78 Å². The van der Waals surface area contributed by atoms with Crippen LogP contribution in [-0.2, 0) is 0 Å². The lowest BCUT2D eigenvalue weighted by atomic mass is 10.1. The van der Waals surface area contributed by atoms with Gasteiger partial charge in [0.25, 0.3) is 0 Å². The van der Waals surface area contributed by atoms with Crippen molar-refractivity contribution in [3.8, 4) is 0 Å². The molecule has 1 fully saturated rings. The van der Waals surface area contributed by atoms with Gasteiger partial charge in [-0.1, -0.05) is 12.5 Å². The van der Waals surface area contributed by atoms with Gasteiger partial charge in [-0.05, 0) is 51.4 Å². The number of urea groups is 1. The monoisotopic (exact) mass is 276 g/mol. The minimum atomic E-state index is -0.189. The van der Waals surface area contributed by atoms with Gasteiger partial charge in [0.1, 0.15) is 5.82 Å². The molecule has 0 aromatic carbocycles. The second-order valence-electron chi connectivity index (χ2n) is 5.58. The number of nitrogens with one attached hydrogen (secondary N) is 2. The number of nitrogens with zero attached hydrogens (tertiary/aromatic N) is 2. The zero-order valence-electron chi connectivity index (χ0n) is 12.4. The molecule has 1 aromatic heterocycles. The third-order valence-electron chi connectivity index (χ3n) is 3.51. The first-order valence-electron chi connectivity index (χ1n) is 7.36. The molecule has 0 unspecified atom stereocenters. The van der Waals surface area contributed by atoms with E-state index in [1.54, 1.807) is 6.20 Å². The Bertz CT molecular complexity index is 426. The quantitative estimate of drug-likeness (QED) is 0.887. The van der Waals surface area contributed by atoms with Gasteiger partial charge >= 0.3 is 6.03 Å². The van der Waals surface area contributed by atoms with Crippen LogP contribution in [0, 0.1) is 6.92 Å². The third-order valence-corrected chi connectivity index (χ3v) is 3.51. The van der Waals surface area contributed by atoms with Crippen LogP contribution in [0.25, 0.3) is 0 Å². The van der Waals surface area contributed by atoms with Gasteiger partial charge < -0.3 is 10.2 Å². The predicted octanol–water partition coefficient (Wildman–Crippen LogP) is 2.39. The van der Waals surface area contributed by atoms with Crippen molar-refractivity contribution in [2.24, 2.45) is 0 Å². The fourth-order valence-electron chi connectivity index (χ4n) is 2.49. The van der Waals surface area contributed by atoms with Gasteiger partial charge in [-0.2, -0.15) is 0 Å². The average Bonchev–Trinajstić information content (AvgIpc) is 2.42. The van der Waals surface area contributed by atoms with Crippen LogP contribution in [0.5, 0.6) is 0 Å². The van der Waals surface area contributed by atoms with Crippen LogP contribution in [0.3, 0.4) is 0 Å². The number of aryl methyl sites for hydroxylation is 1. The summed E-state index contributed by atoms with van der Waals surface area (Å²) in [5, 5.41) is 5.72. The van der Waals surface area contributed by atoms with Crippen molar-refractivity contribution >= 4 is 11.8 Å². The van der Waals surface area contributed by atoms with Gasteiger partial charge in [0.05, 0.1) is 0 Å². The largest absolute Gasteiger partial charge is 0.334 e. The van der Waals surface area contributed by atoms with Crippen LogP contribution in [0.15, 0.2) is 18.3 Å². The summed E-state index contributed by atoms with van der Waals surface area (Å²) in [6.45, 7) is 7.21. The molecule has 2 N–H and O–H groups in total. The van der Waals surface area contributed by atoms with Crippen molar-refractivity contribution in [3.63, 3.8) is 0 Å². The van der Waals surface area contributed by atoms with Crippen molar-refractivity contribution in [3.05, 3.63) is 23.9 Å². The van der Waals surface area contributed by atoms with E-state index in [4.69, 9.17) is 0 Å². The summed E-state index contributed by atoms with van der Waals surface area (Å²) >= 11 is 0. The molecule has 1 aliphatic rings. The van der Waals surface area contributed by atoms with Crippen molar-refractivity contribution in [2.45, 2.75) is 39.2 Å². The highest BCUT2D eigenvalue weighted by molar-refractivity contribution is 5.88. The van der Waals surface area contributed by atoms with Gasteiger partial charge in [0, 0.05) is 18.8 Å². The Morgan fingerprint density at radius 3 is 2.75 bits per heavy atom. The molecule has 110 valence electrons. The van der Waals surface area contributed by atoms with E-state index in [1.807, 2.05) is 26.0 Å². The Balaban J connectivity index is 1.74. The summed E-state index contributed by atoms with van der Waals surface area (Å²) in [5.74, 6) is 0.582. The fraction of sp³-hybridized carbons (Fsp3) is 0.600. The predicted molar refractivity (Wildman–Crippen MR) is 80.9 cm³/mol. The van der Waals surface area contributed by atoms with E-state index in [0.29, 0.717) is 5.82 Å². The van der Waals surface area contributed by atoms with Crippen molar-refractivity contribution in [1.82, 2.24) is 15.2 Å². The first-order chi connectivity index (χ1) is 9.63. The van der Waals surface area contributed by atoms with Crippen molar-refractivity contribution in [1.29, 1.82) is 0 Å². The minimum absolute atomic E-state index is 0.138. The van der Waals surface area contributed by atoms with Crippen LogP contribution < -0.4 is 10.6 Å². The molecule has 5 nitrogen and oxygen atoms in total. The zero-order chi connectivity index (χ0) is 14.4. The van der Waals surface area contributed by atoms with Crippen LogP contribution in [-0.4, -0.2) is 41.6 Å². The highest BCUT2D eigenvalue weighted by atomic mass is 16.2. The molecule has 0 bridgehead atoms. The number of likely N-dealkylation sites (tertiary alicyclic amines) is 1. The Hall–Kier alpha value is -1.62. The molecule has 0 saturated carbocycles. The van der Waals surface area contributed by atoms with E-state index < -0.39 is 0 Å². The summed E-state index contributed by atoms with van der Waals surface area (Å²) in [7, 11) is 0. The highest BCUT2D eigenvalue weighted by Crippen LogP contribution is 2.09. The lowest BCUT2D eigenvalue weighted by molar-refractivity contribution is 0.206. The van der Waals surface area contributed by atoms with Crippen molar-refractivity contribution in [2.75, 3.05) is 25.0 Å². The van der Waals surface area contributed by atoms with E-state index in [1.165, 1.54) is 19.3 Å². The number of rotatable bonds is 4. The number of hydrogen-bond donors (Lipinski definition) is 2. The summed E-state index contributed by atoms with van der Waals surface area (Å²) in [6.07, 6.45) is 5.61. The second-order valence-corrected chi connectivity index (χ2v) is 5.58. The Morgan fingerprint density at radius 1 is 1.35 bits per heavy atom. The SMILES string of the molecule is Cc1ccc(NC(=O)N[C@H](C)CN2CCCCC2)nc1. The maximum absolute atomic E-state index is 11.9. The number of pyridine rings is 1. The molecule has 1 saturated heterocycles. The van der Waals surface area contributed by atoms with E-state index >= 15 is 0 Å². The number of piperidine rings is 1. The molecule has 1 aromatic rings. The maximum Gasteiger partial charge on any atom is 0.320 e. The highest BCUT2D eigenvalue weighted by Gasteiger charge is 2.14. The molecule has 0 radical (unpaired) electrons. The smallest absolute Gasteiger partial charge is 0.320 e. The first kappa shape index (κ1) is 14.8. The van der Waals surface area contributed by atoms with Crippen LogP contribution in [0.4, 0.5) is 10.6 Å². The number of amides is 2. The lowest BCUT2D eigenvalue weighted by Gasteiger charge is -2.29. The molecule has 5 heteroatoms. The topological polar surface area (TPSA) is 57.3 Å². The summed E-state index contributed by atoms with van der Waals surface area (Å²) in [5.41, 5.74) is 1.08. The van der Waals surface area contributed by atoms with E-state index in [0.717, 1.165) is 25.2 Å². The molecular formula is C15H24N4O. The van der Waals surface area contributed by atoms with E-state index in [9.17, 15) is 4.79 Å². The lowest BCUT2D eigenvalue weighted by Crippen LogP contribution is -2.45. The van der Waals surface area contributed by atoms with Gasteiger partial charge in [0.15, 0.2) is 0 Å². The number of hydrogen-bond acceptors (Lipinski definition) is 3. The first-order valence-corrected chi connectivity index (χ1v) is 7.36. The average molecular weight is 276 g/mol. The van der Waals surface area contributed by atoms with Gasteiger partial charge in [-0.15, -0.1) is 0 Å². The Labute approximate surface area is 120 Å². The number of aromatic nitrogens is 1. The molecule has 2 amide bonds. The van der Waals surface area contributed by atoms with Crippen LogP contribution in [0.2, 0.25) is 0 Å². The van der Waals surface area contributed by atoms with Crippen LogP contribution >= 0.6 is 0 Å². The Kier molecular flexibility index (Phi) is 5.35.